The van der Waals surface area contributed by atoms with E-state index < -0.39 is 0 Å². The van der Waals surface area contributed by atoms with Crippen molar-refractivity contribution in [2.75, 3.05) is 47.3 Å². The Morgan fingerprint density at radius 3 is 2.78 bits per heavy atom. The molecule has 2 saturated heterocycles. The molecule has 2 fully saturated rings. The van der Waals surface area contributed by atoms with Gasteiger partial charge in [0.05, 0.1) is 6.04 Å². The van der Waals surface area contributed by atoms with Crippen LogP contribution >= 0.6 is 12.4 Å². The lowest BCUT2D eigenvalue weighted by Gasteiger charge is -2.24. The van der Waals surface area contributed by atoms with Gasteiger partial charge in [0.2, 0.25) is 5.91 Å². The number of carbonyl (C=O) groups is 1. The van der Waals surface area contributed by atoms with Gasteiger partial charge in [-0.1, -0.05) is 0 Å². The van der Waals surface area contributed by atoms with Crippen molar-refractivity contribution in [3.8, 4) is 0 Å². The molecule has 2 heterocycles. The first-order valence-corrected chi connectivity index (χ1v) is 6.44. The molecule has 5 nitrogen and oxygen atoms in total. The molecule has 0 aromatic heterocycles. The second-order valence-electron chi connectivity index (χ2n) is 5.50. The van der Waals surface area contributed by atoms with Crippen LogP contribution < -0.4 is 10.6 Å². The molecule has 0 aromatic carbocycles. The summed E-state index contributed by atoms with van der Waals surface area (Å²) in [5.74, 6) is 0.855. The van der Waals surface area contributed by atoms with Crippen LogP contribution in [-0.2, 0) is 4.79 Å². The largest absolute Gasteiger partial charge is 0.353 e. The minimum Gasteiger partial charge on any atom is -0.353 e. The normalized spacial score (nSPS) is 31.2. The van der Waals surface area contributed by atoms with Gasteiger partial charge in [-0.15, -0.1) is 12.4 Å². The zero-order valence-corrected chi connectivity index (χ0v) is 12.3. The van der Waals surface area contributed by atoms with Gasteiger partial charge < -0.3 is 15.5 Å². The van der Waals surface area contributed by atoms with E-state index in [4.69, 9.17) is 0 Å². The number of halogens is 1. The first kappa shape index (κ1) is 15.7. The predicted octanol–water partition coefficient (Wildman–Crippen LogP) is -0.622. The number of rotatable bonds is 4. The van der Waals surface area contributed by atoms with Crippen LogP contribution in [0.15, 0.2) is 0 Å². The van der Waals surface area contributed by atoms with Crippen molar-refractivity contribution in [2.45, 2.75) is 18.5 Å². The van der Waals surface area contributed by atoms with Crippen LogP contribution in [0.5, 0.6) is 0 Å². The van der Waals surface area contributed by atoms with Crippen molar-refractivity contribution < 1.29 is 4.79 Å². The molecule has 2 aliphatic heterocycles. The number of likely N-dealkylation sites (N-methyl/N-ethyl adjacent to an activating group) is 2. The van der Waals surface area contributed by atoms with Gasteiger partial charge in [0.15, 0.2) is 0 Å². The number of nitrogens with zero attached hydrogens (tertiary/aromatic N) is 2. The topological polar surface area (TPSA) is 47.6 Å². The second-order valence-corrected chi connectivity index (χ2v) is 5.50. The smallest absolute Gasteiger partial charge is 0.237 e. The summed E-state index contributed by atoms with van der Waals surface area (Å²) < 4.78 is 0. The first-order valence-electron chi connectivity index (χ1n) is 6.44. The molecule has 6 heteroatoms. The SMILES string of the molecule is CN(C)CCNC(=O)[C@@H]1C[C@H]2CNC[C@H]2N1C.Cl. The molecule has 2 N–H and O–H groups in total. The van der Waals surface area contributed by atoms with Gasteiger partial charge >= 0.3 is 0 Å². The minimum atomic E-state index is 0. The van der Waals surface area contributed by atoms with E-state index in [1.165, 1.54) is 0 Å². The molecule has 2 aliphatic rings. The van der Waals surface area contributed by atoms with E-state index in [9.17, 15) is 4.79 Å². The summed E-state index contributed by atoms with van der Waals surface area (Å²) in [6.07, 6.45) is 1.00. The number of likely N-dealkylation sites (tertiary alicyclic amines) is 1. The van der Waals surface area contributed by atoms with Crippen LogP contribution in [0.2, 0.25) is 0 Å². The fourth-order valence-electron chi connectivity index (χ4n) is 2.93. The van der Waals surface area contributed by atoms with E-state index in [0.29, 0.717) is 12.0 Å². The monoisotopic (exact) mass is 276 g/mol. The highest BCUT2D eigenvalue weighted by molar-refractivity contribution is 5.85. The second kappa shape index (κ2) is 6.70. The highest BCUT2D eigenvalue weighted by Gasteiger charge is 2.44. The third kappa shape index (κ3) is 3.35. The number of amides is 1. The quantitative estimate of drug-likeness (QED) is 0.719. The molecule has 3 atom stereocenters. The van der Waals surface area contributed by atoms with E-state index >= 15 is 0 Å². The lowest BCUT2D eigenvalue weighted by atomic mass is 10.0. The molecule has 1 amide bonds. The molecule has 0 unspecified atom stereocenters. The maximum Gasteiger partial charge on any atom is 0.237 e. The summed E-state index contributed by atoms with van der Waals surface area (Å²) in [5, 5.41) is 6.43. The van der Waals surface area contributed by atoms with Gasteiger partial charge in [-0.3, -0.25) is 9.69 Å². The Kier molecular flexibility index (Phi) is 5.85. The first-order chi connectivity index (χ1) is 8.09. The van der Waals surface area contributed by atoms with Crippen LogP contribution in [0.25, 0.3) is 0 Å². The Balaban J connectivity index is 0.00000162. The predicted molar refractivity (Wildman–Crippen MR) is 75.1 cm³/mol. The van der Waals surface area contributed by atoms with Gasteiger partial charge in [-0.2, -0.15) is 0 Å². The van der Waals surface area contributed by atoms with Gasteiger partial charge in [0.25, 0.3) is 0 Å². The zero-order chi connectivity index (χ0) is 12.4. The summed E-state index contributed by atoms with van der Waals surface area (Å²) in [6.45, 7) is 3.74. The van der Waals surface area contributed by atoms with Gasteiger partial charge in [-0.25, -0.2) is 0 Å². The summed E-state index contributed by atoms with van der Waals surface area (Å²) in [6, 6.07) is 0.633. The summed E-state index contributed by atoms with van der Waals surface area (Å²) in [4.78, 5) is 16.4. The van der Waals surface area contributed by atoms with E-state index in [2.05, 4.69) is 27.5 Å². The third-order valence-electron chi connectivity index (χ3n) is 4.01. The maximum absolute atomic E-state index is 12.1. The number of hydrogen-bond acceptors (Lipinski definition) is 4. The van der Waals surface area contributed by atoms with E-state index in [-0.39, 0.29) is 24.4 Å². The molecule has 0 radical (unpaired) electrons. The highest BCUT2D eigenvalue weighted by Crippen LogP contribution is 2.30. The molecule has 0 aliphatic carbocycles. The molecule has 0 bridgehead atoms. The number of fused-ring (bicyclic) bond motifs is 1. The lowest BCUT2D eigenvalue weighted by molar-refractivity contribution is -0.125. The Morgan fingerprint density at radius 1 is 1.44 bits per heavy atom. The van der Waals surface area contributed by atoms with Crippen molar-refractivity contribution in [1.82, 2.24) is 20.4 Å². The summed E-state index contributed by atoms with van der Waals surface area (Å²) in [7, 11) is 6.11. The fourth-order valence-corrected chi connectivity index (χ4v) is 2.93. The standard InChI is InChI=1S/C12H24N4O.ClH/c1-15(2)5-4-14-12(17)10-6-9-7-13-8-11(9)16(10)3;/h9-11,13H,4-8H2,1-3H3,(H,14,17);1H/t9-,10-,11+;/m0./s1. The molecule has 18 heavy (non-hydrogen) atoms. The average Bonchev–Trinajstić information content (AvgIpc) is 2.81. The zero-order valence-electron chi connectivity index (χ0n) is 11.5. The van der Waals surface area contributed by atoms with Crippen molar-refractivity contribution in [3.63, 3.8) is 0 Å². The van der Waals surface area contributed by atoms with Gasteiger partial charge in [-0.05, 0) is 40.0 Å². The summed E-state index contributed by atoms with van der Waals surface area (Å²) >= 11 is 0. The minimum absolute atomic E-state index is 0. The van der Waals surface area contributed by atoms with Gasteiger partial charge in [0, 0.05) is 25.7 Å². The fraction of sp³-hybridized carbons (Fsp3) is 0.917. The van der Waals surface area contributed by atoms with E-state index in [0.717, 1.165) is 32.6 Å². The molecular formula is C12H25ClN4O. The van der Waals surface area contributed by atoms with Crippen LogP contribution in [-0.4, -0.2) is 75.1 Å². The van der Waals surface area contributed by atoms with Crippen molar-refractivity contribution in [3.05, 3.63) is 0 Å². The number of carbonyl (C=O) groups excluding carboxylic acids is 1. The van der Waals surface area contributed by atoms with Gasteiger partial charge in [0.1, 0.15) is 0 Å². The Bertz CT molecular complexity index is 287. The summed E-state index contributed by atoms with van der Waals surface area (Å²) in [5.41, 5.74) is 0. The van der Waals surface area contributed by atoms with E-state index in [1.54, 1.807) is 0 Å². The average molecular weight is 277 g/mol. The maximum atomic E-state index is 12.1. The van der Waals surface area contributed by atoms with Crippen molar-refractivity contribution in [2.24, 2.45) is 5.92 Å². The lowest BCUT2D eigenvalue weighted by Crippen LogP contribution is -2.46. The molecule has 0 saturated carbocycles. The number of hydrogen-bond donors (Lipinski definition) is 2. The molecule has 0 spiro atoms. The highest BCUT2D eigenvalue weighted by atomic mass is 35.5. The third-order valence-corrected chi connectivity index (χ3v) is 4.01. The molecule has 106 valence electrons. The Labute approximate surface area is 116 Å². The van der Waals surface area contributed by atoms with Crippen molar-refractivity contribution in [1.29, 1.82) is 0 Å². The molecule has 2 rings (SSSR count). The Hall–Kier alpha value is -0.360. The van der Waals surface area contributed by atoms with Crippen LogP contribution in [0.1, 0.15) is 6.42 Å². The number of nitrogens with one attached hydrogen (secondary N) is 2. The molecule has 0 aromatic rings. The van der Waals surface area contributed by atoms with E-state index in [1.807, 2.05) is 14.1 Å². The van der Waals surface area contributed by atoms with Crippen LogP contribution in [0.4, 0.5) is 0 Å². The molecular weight excluding hydrogens is 252 g/mol. The van der Waals surface area contributed by atoms with Crippen molar-refractivity contribution >= 4 is 18.3 Å². The van der Waals surface area contributed by atoms with Crippen LogP contribution in [0.3, 0.4) is 0 Å². The van der Waals surface area contributed by atoms with Crippen LogP contribution in [0, 0.1) is 5.92 Å². The Morgan fingerprint density at radius 2 is 2.17 bits per heavy atom.